The van der Waals surface area contributed by atoms with Crippen LogP contribution in [0, 0.1) is 10.1 Å². The zero-order valence-corrected chi connectivity index (χ0v) is 16.1. The predicted molar refractivity (Wildman–Crippen MR) is 94.3 cm³/mol. The summed E-state index contributed by atoms with van der Waals surface area (Å²) in [5, 5.41) is 13.6. The number of nitro groups is 1. The van der Waals surface area contributed by atoms with Crippen LogP contribution in [-0.2, 0) is 30.3 Å². The number of nitrogens with one attached hydrogen (secondary N) is 1. The van der Waals surface area contributed by atoms with Gasteiger partial charge >= 0.3 is 11.9 Å². The van der Waals surface area contributed by atoms with E-state index in [1.165, 1.54) is 32.0 Å². The Kier molecular flexibility index (Phi) is 7.69. The highest BCUT2D eigenvalue weighted by Gasteiger charge is 2.51. The summed E-state index contributed by atoms with van der Waals surface area (Å²) in [4.78, 5) is 47.6. The fourth-order valence-electron chi connectivity index (χ4n) is 2.34. The lowest BCUT2D eigenvalue weighted by Crippen LogP contribution is -2.62. The fourth-order valence-corrected chi connectivity index (χ4v) is 2.84. The van der Waals surface area contributed by atoms with Gasteiger partial charge < -0.3 is 14.8 Å². The van der Waals surface area contributed by atoms with Crippen LogP contribution in [0.15, 0.2) is 22.7 Å². The molecular formula is C16H19BrN2O7. The number of carbonyl (C=O) groups excluding carboxylic acids is 3. The number of halogens is 1. The van der Waals surface area contributed by atoms with Crippen LogP contribution in [0.25, 0.3) is 0 Å². The number of rotatable bonds is 8. The number of hydrogen-bond donors (Lipinski definition) is 1. The van der Waals surface area contributed by atoms with Gasteiger partial charge in [0.05, 0.1) is 18.1 Å². The van der Waals surface area contributed by atoms with Crippen LogP contribution < -0.4 is 5.32 Å². The van der Waals surface area contributed by atoms with Crippen molar-refractivity contribution >= 4 is 39.5 Å². The molecule has 1 aromatic rings. The minimum absolute atomic E-state index is 0.0485. The zero-order valence-electron chi connectivity index (χ0n) is 14.5. The summed E-state index contributed by atoms with van der Waals surface area (Å²) in [5.41, 5.74) is -2.51. The Bertz CT molecular complexity index is 703. The van der Waals surface area contributed by atoms with Crippen molar-refractivity contribution in [3.05, 3.63) is 38.3 Å². The van der Waals surface area contributed by atoms with Gasteiger partial charge in [-0.25, -0.2) is 9.59 Å². The van der Waals surface area contributed by atoms with Crippen molar-refractivity contribution in [3.63, 3.8) is 0 Å². The SMILES string of the molecule is CCOC(=O)C(Cc1c(Br)cccc1[N+](=O)[O-])(NC(C)=O)C(=O)OCC. The molecule has 0 bridgehead atoms. The summed E-state index contributed by atoms with van der Waals surface area (Å²) in [6.07, 6.45) is -0.512. The smallest absolute Gasteiger partial charge is 0.344 e. The minimum Gasteiger partial charge on any atom is -0.464 e. The third-order valence-corrected chi connectivity index (χ3v) is 4.11. The first kappa shape index (κ1) is 21.6. The molecule has 1 aromatic carbocycles. The van der Waals surface area contributed by atoms with Crippen molar-refractivity contribution in [2.24, 2.45) is 0 Å². The molecule has 0 aliphatic rings. The summed E-state index contributed by atoms with van der Waals surface area (Å²) < 4.78 is 10.2. The Morgan fingerprint density at radius 1 is 1.19 bits per heavy atom. The van der Waals surface area contributed by atoms with Gasteiger partial charge in [-0.15, -0.1) is 0 Å². The molecule has 0 radical (unpaired) electrons. The molecule has 0 saturated heterocycles. The summed E-state index contributed by atoms with van der Waals surface area (Å²) in [7, 11) is 0. The molecule has 0 spiro atoms. The molecule has 0 saturated carbocycles. The molecule has 1 amide bonds. The predicted octanol–water partition coefficient (Wildman–Crippen LogP) is 1.90. The highest BCUT2D eigenvalue weighted by molar-refractivity contribution is 9.10. The second kappa shape index (κ2) is 9.27. The molecule has 26 heavy (non-hydrogen) atoms. The molecular weight excluding hydrogens is 412 g/mol. The number of nitrogens with zero attached hydrogens (tertiary/aromatic N) is 1. The Balaban J connectivity index is 3.59. The molecule has 0 aromatic heterocycles. The van der Waals surface area contributed by atoms with E-state index in [2.05, 4.69) is 21.2 Å². The third-order valence-electron chi connectivity index (χ3n) is 3.37. The number of ether oxygens (including phenoxy) is 2. The number of esters is 2. The van der Waals surface area contributed by atoms with Crippen molar-refractivity contribution in [3.8, 4) is 0 Å². The standard InChI is InChI=1S/C16H19BrN2O7/c1-4-25-14(21)16(18-10(3)20,15(22)26-5-2)9-11-12(17)7-6-8-13(11)19(23)24/h6-8H,4-5,9H2,1-3H3,(H,18,20). The molecule has 0 aliphatic heterocycles. The van der Waals surface area contributed by atoms with E-state index in [0.29, 0.717) is 4.47 Å². The Labute approximate surface area is 158 Å². The van der Waals surface area contributed by atoms with Crippen LogP contribution in [0.1, 0.15) is 26.3 Å². The summed E-state index contributed by atoms with van der Waals surface area (Å²) in [6, 6.07) is 4.20. The van der Waals surface area contributed by atoms with Crippen molar-refractivity contribution in [2.45, 2.75) is 32.7 Å². The van der Waals surface area contributed by atoms with E-state index in [0.717, 1.165) is 6.92 Å². The highest BCUT2D eigenvalue weighted by atomic mass is 79.9. The van der Waals surface area contributed by atoms with Crippen LogP contribution in [0.5, 0.6) is 0 Å². The monoisotopic (exact) mass is 430 g/mol. The normalized spacial score (nSPS) is 10.8. The number of benzene rings is 1. The van der Waals surface area contributed by atoms with Gasteiger partial charge in [-0.2, -0.15) is 0 Å². The third kappa shape index (κ3) is 4.78. The van der Waals surface area contributed by atoms with Crippen LogP contribution in [0.4, 0.5) is 5.69 Å². The van der Waals surface area contributed by atoms with Gasteiger partial charge in [0.2, 0.25) is 11.4 Å². The average molecular weight is 431 g/mol. The average Bonchev–Trinajstić information content (AvgIpc) is 2.55. The number of amides is 1. The van der Waals surface area contributed by atoms with Crippen molar-refractivity contribution in [1.82, 2.24) is 5.32 Å². The number of nitro benzene ring substituents is 1. The molecule has 0 heterocycles. The second-order valence-corrected chi connectivity index (χ2v) is 6.05. The molecule has 1 N–H and O–H groups in total. The zero-order chi connectivity index (χ0) is 19.9. The quantitative estimate of drug-likeness (QED) is 0.289. The Hall–Kier alpha value is -2.49. The van der Waals surface area contributed by atoms with Crippen molar-refractivity contribution in [1.29, 1.82) is 0 Å². The van der Waals surface area contributed by atoms with Crippen LogP contribution in [0.2, 0.25) is 0 Å². The lowest BCUT2D eigenvalue weighted by Gasteiger charge is -2.29. The summed E-state index contributed by atoms with van der Waals surface area (Å²) >= 11 is 3.19. The molecule has 0 aliphatic carbocycles. The van der Waals surface area contributed by atoms with Crippen molar-refractivity contribution in [2.75, 3.05) is 13.2 Å². The van der Waals surface area contributed by atoms with Crippen LogP contribution in [0.3, 0.4) is 0 Å². The van der Waals surface area contributed by atoms with Gasteiger partial charge in [-0.05, 0) is 19.9 Å². The largest absolute Gasteiger partial charge is 0.464 e. The first-order valence-corrected chi connectivity index (χ1v) is 8.53. The lowest BCUT2D eigenvalue weighted by molar-refractivity contribution is -0.385. The van der Waals surface area contributed by atoms with E-state index < -0.39 is 34.7 Å². The maximum absolute atomic E-state index is 12.6. The van der Waals surface area contributed by atoms with E-state index in [9.17, 15) is 24.5 Å². The second-order valence-electron chi connectivity index (χ2n) is 5.20. The first-order chi connectivity index (χ1) is 12.2. The van der Waals surface area contributed by atoms with Crippen LogP contribution in [-0.4, -0.2) is 41.5 Å². The van der Waals surface area contributed by atoms with E-state index in [1.54, 1.807) is 0 Å². The van der Waals surface area contributed by atoms with E-state index in [1.807, 2.05) is 0 Å². The van der Waals surface area contributed by atoms with Gasteiger partial charge in [0.15, 0.2) is 0 Å². The Morgan fingerprint density at radius 2 is 1.73 bits per heavy atom. The molecule has 1 rings (SSSR count). The molecule has 9 nitrogen and oxygen atoms in total. The maximum Gasteiger partial charge on any atom is 0.344 e. The number of hydrogen-bond acceptors (Lipinski definition) is 7. The minimum atomic E-state index is -2.24. The molecule has 0 atom stereocenters. The maximum atomic E-state index is 12.6. The van der Waals surface area contributed by atoms with Gasteiger partial charge in [-0.1, -0.05) is 22.0 Å². The van der Waals surface area contributed by atoms with Gasteiger partial charge in [0.1, 0.15) is 0 Å². The lowest BCUT2D eigenvalue weighted by atomic mass is 9.89. The van der Waals surface area contributed by atoms with E-state index in [4.69, 9.17) is 9.47 Å². The number of carbonyl (C=O) groups is 3. The summed E-state index contributed by atoms with van der Waals surface area (Å²) in [6.45, 7) is 4.06. The topological polar surface area (TPSA) is 125 Å². The molecule has 0 unspecified atom stereocenters. The molecule has 0 fully saturated rings. The van der Waals surface area contributed by atoms with Gasteiger partial charge in [-0.3, -0.25) is 14.9 Å². The molecule has 10 heteroatoms. The Morgan fingerprint density at radius 3 is 2.15 bits per heavy atom. The van der Waals surface area contributed by atoms with Gasteiger partial charge in [0, 0.05) is 29.4 Å². The van der Waals surface area contributed by atoms with E-state index >= 15 is 0 Å². The molecule has 142 valence electrons. The summed E-state index contributed by atoms with van der Waals surface area (Å²) in [5.74, 6) is -2.81. The van der Waals surface area contributed by atoms with Crippen molar-refractivity contribution < 1.29 is 28.8 Å². The van der Waals surface area contributed by atoms with E-state index in [-0.39, 0.29) is 24.5 Å². The van der Waals surface area contributed by atoms with Gasteiger partial charge in [0.25, 0.3) is 5.69 Å². The first-order valence-electron chi connectivity index (χ1n) is 7.74. The highest BCUT2D eigenvalue weighted by Crippen LogP contribution is 2.31. The van der Waals surface area contributed by atoms with Crippen LogP contribution >= 0.6 is 15.9 Å². The fraction of sp³-hybridized carbons (Fsp3) is 0.438.